The summed E-state index contributed by atoms with van der Waals surface area (Å²) in [6.07, 6.45) is -3.94. The normalized spacial score (nSPS) is 32.2. The van der Waals surface area contributed by atoms with E-state index in [1.807, 2.05) is 50.2 Å². The standard InChI is InChI=1S/C28H34ClNO7/c1-16(2)12-23-30-28(27(36-23)25(33)24(32)22(14-31)37-28)18-8-9-21(29)20(13-18)26(17-6-4-3-5-7-17)35-19-10-11-34-15-19/h3-9,13,16,19,22,24-27,31-33H,10-12,14-15H2,1-2H3/t19-,22+,24+,25-,26?,27?,28?/m0/s1. The molecule has 8 nitrogen and oxygen atoms in total. The number of aliphatic imine (C=N–C) groups is 1. The highest BCUT2D eigenvalue weighted by Gasteiger charge is 2.60. The van der Waals surface area contributed by atoms with Gasteiger partial charge in [-0.05, 0) is 30.0 Å². The van der Waals surface area contributed by atoms with E-state index in [1.54, 1.807) is 12.1 Å². The van der Waals surface area contributed by atoms with Crippen LogP contribution in [0.3, 0.4) is 0 Å². The number of hydrogen-bond donors (Lipinski definition) is 3. The van der Waals surface area contributed by atoms with Crippen LogP contribution in [0.2, 0.25) is 5.02 Å². The Balaban J connectivity index is 1.60. The number of benzene rings is 2. The van der Waals surface area contributed by atoms with E-state index >= 15 is 0 Å². The molecule has 3 unspecified atom stereocenters. The second kappa shape index (κ2) is 11.0. The molecule has 2 fully saturated rings. The smallest absolute Gasteiger partial charge is 0.228 e. The molecular weight excluding hydrogens is 498 g/mol. The molecular formula is C28H34ClNO7. The minimum absolute atomic E-state index is 0.0806. The maximum Gasteiger partial charge on any atom is 0.228 e. The van der Waals surface area contributed by atoms with E-state index in [0.717, 1.165) is 12.0 Å². The van der Waals surface area contributed by atoms with E-state index in [9.17, 15) is 15.3 Å². The fraction of sp³-hybridized carbons (Fsp3) is 0.536. The number of ether oxygens (including phenoxy) is 4. The number of rotatable bonds is 8. The van der Waals surface area contributed by atoms with Crippen molar-refractivity contribution in [3.05, 3.63) is 70.2 Å². The first-order chi connectivity index (χ1) is 17.8. The molecule has 2 saturated heterocycles. The quantitative estimate of drug-likeness (QED) is 0.479. The van der Waals surface area contributed by atoms with E-state index < -0.39 is 42.9 Å². The van der Waals surface area contributed by atoms with E-state index in [4.69, 9.17) is 35.5 Å². The Morgan fingerprint density at radius 2 is 1.92 bits per heavy atom. The lowest BCUT2D eigenvalue weighted by Crippen LogP contribution is -2.61. The molecule has 7 atom stereocenters. The highest BCUT2D eigenvalue weighted by molar-refractivity contribution is 6.31. The maximum absolute atomic E-state index is 11.0. The van der Waals surface area contributed by atoms with Crippen molar-refractivity contribution in [1.29, 1.82) is 0 Å². The molecule has 3 heterocycles. The third-order valence-corrected chi connectivity index (χ3v) is 7.43. The van der Waals surface area contributed by atoms with Crippen LogP contribution in [0, 0.1) is 5.92 Å². The average Bonchev–Trinajstić information content (AvgIpc) is 3.54. The first-order valence-corrected chi connectivity index (χ1v) is 13.2. The predicted molar refractivity (Wildman–Crippen MR) is 137 cm³/mol. The number of hydrogen-bond acceptors (Lipinski definition) is 8. The van der Waals surface area contributed by atoms with Gasteiger partial charge in [0.25, 0.3) is 0 Å². The molecule has 2 aromatic carbocycles. The first kappa shape index (κ1) is 26.6. The zero-order chi connectivity index (χ0) is 26.2. The van der Waals surface area contributed by atoms with Crippen LogP contribution in [-0.2, 0) is 24.7 Å². The van der Waals surface area contributed by atoms with Crippen molar-refractivity contribution in [3.63, 3.8) is 0 Å². The van der Waals surface area contributed by atoms with Crippen molar-refractivity contribution >= 4 is 17.5 Å². The van der Waals surface area contributed by atoms with Crippen LogP contribution in [-0.4, -0.2) is 71.6 Å². The number of halogens is 1. The monoisotopic (exact) mass is 531 g/mol. The highest BCUT2D eigenvalue weighted by Crippen LogP contribution is 2.47. The Morgan fingerprint density at radius 3 is 2.59 bits per heavy atom. The fourth-order valence-corrected chi connectivity index (χ4v) is 5.44. The Kier molecular flexibility index (Phi) is 7.88. The molecule has 0 aliphatic carbocycles. The molecule has 3 aliphatic heterocycles. The van der Waals surface area contributed by atoms with Gasteiger partial charge < -0.3 is 34.3 Å². The van der Waals surface area contributed by atoms with E-state index in [-0.39, 0.29) is 12.0 Å². The Hall–Kier alpha value is -2.04. The predicted octanol–water partition coefficient (Wildman–Crippen LogP) is 3.34. The van der Waals surface area contributed by atoms with Crippen LogP contribution in [0.15, 0.2) is 53.5 Å². The van der Waals surface area contributed by atoms with Gasteiger partial charge in [-0.3, -0.25) is 0 Å². The summed E-state index contributed by atoms with van der Waals surface area (Å²) in [6, 6.07) is 15.2. The van der Waals surface area contributed by atoms with E-state index in [2.05, 4.69) is 0 Å². The van der Waals surface area contributed by atoms with Gasteiger partial charge >= 0.3 is 0 Å². The van der Waals surface area contributed by atoms with Crippen LogP contribution >= 0.6 is 11.6 Å². The van der Waals surface area contributed by atoms with E-state index in [1.165, 1.54) is 0 Å². The molecule has 200 valence electrons. The number of nitrogens with zero attached hydrogens (tertiary/aromatic N) is 1. The van der Waals surface area contributed by atoms with Crippen molar-refractivity contribution in [2.45, 2.75) is 69.0 Å². The summed E-state index contributed by atoms with van der Waals surface area (Å²) < 4.78 is 24.4. The Morgan fingerprint density at radius 1 is 1.14 bits per heavy atom. The van der Waals surface area contributed by atoms with Gasteiger partial charge in [-0.2, -0.15) is 0 Å². The molecule has 37 heavy (non-hydrogen) atoms. The summed E-state index contributed by atoms with van der Waals surface area (Å²) in [4.78, 5) is 4.83. The van der Waals surface area contributed by atoms with Crippen LogP contribution in [0.25, 0.3) is 0 Å². The minimum atomic E-state index is -1.46. The van der Waals surface area contributed by atoms with Gasteiger partial charge in [-0.15, -0.1) is 0 Å². The molecule has 0 aromatic heterocycles. The third-order valence-electron chi connectivity index (χ3n) is 7.09. The van der Waals surface area contributed by atoms with Crippen molar-refractivity contribution in [2.75, 3.05) is 19.8 Å². The van der Waals surface area contributed by atoms with Gasteiger partial charge in [0.2, 0.25) is 5.72 Å². The van der Waals surface area contributed by atoms with Gasteiger partial charge in [0.05, 0.1) is 19.3 Å². The number of aliphatic hydroxyl groups is 3. The minimum Gasteiger partial charge on any atom is -0.469 e. The van der Waals surface area contributed by atoms with Gasteiger partial charge in [-0.1, -0.05) is 61.8 Å². The Bertz CT molecular complexity index is 1110. The summed E-state index contributed by atoms with van der Waals surface area (Å²) in [5, 5.41) is 32.0. The lowest BCUT2D eigenvalue weighted by atomic mass is 9.85. The Labute approximate surface area is 221 Å². The van der Waals surface area contributed by atoms with Crippen LogP contribution < -0.4 is 0 Å². The summed E-state index contributed by atoms with van der Waals surface area (Å²) in [5.41, 5.74) is 0.769. The summed E-state index contributed by atoms with van der Waals surface area (Å²) in [5.74, 6) is 0.678. The van der Waals surface area contributed by atoms with Crippen molar-refractivity contribution in [1.82, 2.24) is 0 Å². The first-order valence-electron chi connectivity index (χ1n) is 12.8. The maximum atomic E-state index is 11.0. The molecule has 3 aliphatic rings. The zero-order valence-corrected chi connectivity index (χ0v) is 21.8. The average molecular weight is 532 g/mol. The second-order valence-electron chi connectivity index (χ2n) is 10.3. The molecule has 9 heteroatoms. The van der Waals surface area contributed by atoms with Crippen LogP contribution in [0.4, 0.5) is 0 Å². The third kappa shape index (κ3) is 5.16. The largest absolute Gasteiger partial charge is 0.469 e. The number of fused-ring (bicyclic) bond motifs is 1. The van der Waals surface area contributed by atoms with Crippen molar-refractivity contribution in [2.24, 2.45) is 10.9 Å². The van der Waals surface area contributed by atoms with Gasteiger partial charge in [0.1, 0.15) is 24.4 Å². The fourth-order valence-electron chi connectivity index (χ4n) is 5.22. The second-order valence-corrected chi connectivity index (χ2v) is 10.7. The van der Waals surface area contributed by atoms with Gasteiger partial charge in [-0.25, -0.2) is 4.99 Å². The van der Waals surface area contributed by atoms with Crippen LogP contribution in [0.5, 0.6) is 0 Å². The number of aliphatic hydroxyl groups excluding tert-OH is 3. The van der Waals surface area contributed by atoms with Crippen molar-refractivity contribution in [3.8, 4) is 0 Å². The molecule has 0 spiro atoms. The highest BCUT2D eigenvalue weighted by atomic mass is 35.5. The van der Waals surface area contributed by atoms with Gasteiger partial charge in [0.15, 0.2) is 12.0 Å². The molecule has 3 N–H and O–H groups in total. The summed E-state index contributed by atoms with van der Waals surface area (Å²) in [6.45, 7) is 4.75. The lowest BCUT2D eigenvalue weighted by Gasteiger charge is -2.44. The van der Waals surface area contributed by atoms with E-state index in [0.29, 0.717) is 41.7 Å². The SMILES string of the molecule is CC(C)CC1=NC2(c3ccc(Cl)c(C(O[C@H]4CCOC4)c4ccccc4)c3)O[C@H](CO)[C@@H](O)[C@H](O)C2O1. The molecule has 0 amide bonds. The van der Waals surface area contributed by atoms with Crippen LogP contribution in [0.1, 0.15) is 49.5 Å². The molecule has 2 aromatic rings. The molecule has 0 bridgehead atoms. The summed E-state index contributed by atoms with van der Waals surface area (Å²) in [7, 11) is 0. The summed E-state index contributed by atoms with van der Waals surface area (Å²) >= 11 is 6.76. The molecule has 0 saturated carbocycles. The molecule has 0 radical (unpaired) electrons. The van der Waals surface area contributed by atoms with Gasteiger partial charge in [0, 0.05) is 29.2 Å². The zero-order valence-electron chi connectivity index (χ0n) is 21.0. The lowest BCUT2D eigenvalue weighted by molar-refractivity contribution is -0.262. The van der Waals surface area contributed by atoms with Crippen molar-refractivity contribution < 1.29 is 34.3 Å². The molecule has 5 rings (SSSR count). The topological polar surface area (TPSA) is 110 Å².